The van der Waals surface area contributed by atoms with Crippen LogP contribution in [0.4, 0.5) is 0 Å². The van der Waals surface area contributed by atoms with Crippen LogP contribution in [0.3, 0.4) is 0 Å². The normalized spacial score (nSPS) is 13.2. The number of hydrogen-bond acceptors (Lipinski definition) is 2. The molecule has 1 N–H and O–H groups in total. The van der Waals surface area contributed by atoms with Crippen molar-refractivity contribution in [3.8, 4) is 0 Å². The number of rotatable bonds is 2. The molecule has 0 atom stereocenters. The summed E-state index contributed by atoms with van der Waals surface area (Å²) in [5.74, 6) is 0.903. The first-order valence-corrected chi connectivity index (χ1v) is 17.1. The molecular formula is C44H29N3S. The molecule has 7 aromatic carbocycles. The zero-order chi connectivity index (χ0) is 31.9. The standard InChI is InChI=1S/C44H29N3S/c1-26-12-6-7-15-30(26)44(29-13-4-3-5-14-29)45-27(2)47-37-18-10-8-17-32(37)43-38(47)23-21-28-20-22-35-42(41(28)43)34-24-33-31-16-9-11-19-39(31)48-40(33)25-36(34)46-35/h3-25,46H,1H2,2H3/b44-30-,45-27+. The molecular weight excluding hydrogens is 603 g/mol. The Morgan fingerprint density at radius 3 is 2.23 bits per heavy atom. The zero-order valence-electron chi connectivity index (χ0n) is 26.3. The van der Waals surface area contributed by atoms with E-state index >= 15 is 0 Å². The van der Waals surface area contributed by atoms with Crippen LogP contribution in [-0.2, 0) is 0 Å². The van der Waals surface area contributed by atoms with Crippen molar-refractivity contribution in [1.82, 2.24) is 9.55 Å². The minimum atomic E-state index is 0.903. The van der Waals surface area contributed by atoms with Crippen molar-refractivity contribution in [2.75, 3.05) is 0 Å². The van der Waals surface area contributed by atoms with Gasteiger partial charge in [-0.1, -0.05) is 110 Å². The number of aliphatic imine (C=N–C) groups is 1. The molecule has 0 fully saturated rings. The van der Waals surface area contributed by atoms with Gasteiger partial charge in [-0.05, 0) is 53.9 Å². The molecule has 0 bridgehead atoms. The third-order valence-electron chi connectivity index (χ3n) is 9.79. The van der Waals surface area contributed by atoms with Crippen LogP contribution < -0.4 is 10.4 Å². The highest BCUT2D eigenvalue weighted by Crippen LogP contribution is 2.43. The molecule has 4 heteroatoms. The van der Waals surface area contributed by atoms with Crippen molar-refractivity contribution in [3.05, 3.63) is 156 Å². The minimum absolute atomic E-state index is 0.903. The van der Waals surface area contributed by atoms with E-state index in [9.17, 15) is 0 Å². The molecule has 10 aromatic rings. The zero-order valence-corrected chi connectivity index (χ0v) is 27.1. The Labute approximate surface area is 280 Å². The number of aromatic nitrogens is 2. The van der Waals surface area contributed by atoms with Crippen LogP contribution in [0.1, 0.15) is 12.5 Å². The van der Waals surface area contributed by atoms with Gasteiger partial charge in [0.15, 0.2) is 0 Å². The number of aromatic amines is 1. The molecule has 0 aliphatic carbocycles. The quantitative estimate of drug-likeness (QED) is 0.146. The Hall–Kier alpha value is -5.97. The molecule has 0 saturated carbocycles. The lowest BCUT2D eigenvalue weighted by molar-refractivity contribution is 1.23. The summed E-state index contributed by atoms with van der Waals surface area (Å²) in [6, 6.07) is 49.9. The van der Waals surface area contributed by atoms with Crippen molar-refractivity contribution >= 4 is 104 Å². The first kappa shape index (κ1) is 27.2. The maximum absolute atomic E-state index is 5.41. The van der Waals surface area contributed by atoms with Crippen molar-refractivity contribution in [2.24, 2.45) is 4.99 Å². The summed E-state index contributed by atoms with van der Waals surface area (Å²) in [6.07, 6.45) is 0. The van der Waals surface area contributed by atoms with E-state index in [0.29, 0.717) is 0 Å². The average molecular weight is 632 g/mol. The Morgan fingerprint density at radius 1 is 0.604 bits per heavy atom. The van der Waals surface area contributed by atoms with Gasteiger partial charge in [0, 0.05) is 68.9 Å². The van der Waals surface area contributed by atoms with Crippen molar-refractivity contribution in [3.63, 3.8) is 0 Å². The lowest BCUT2D eigenvalue weighted by Crippen LogP contribution is -2.25. The second kappa shape index (κ2) is 10.3. The van der Waals surface area contributed by atoms with Gasteiger partial charge in [-0.25, -0.2) is 4.99 Å². The van der Waals surface area contributed by atoms with Gasteiger partial charge in [0.25, 0.3) is 0 Å². The minimum Gasteiger partial charge on any atom is -0.354 e. The molecule has 0 amide bonds. The highest BCUT2D eigenvalue weighted by Gasteiger charge is 2.19. The predicted molar refractivity (Wildman–Crippen MR) is 208 cm³/mol. The van der Waals surface area contributed by atoms with Crippen LogP contribution in [0.2, 0.25) is 0 Å². The lowest BCUT2D eigenvalue weighted by Gasteiger charge is -2.11. The number of hydrogen-bond donors (Lipinski definition) is 1. The molecule has 0 aliphatic heterocycles. The maximum atomic E-state index is 5.41. The van der Waals surface area contributed by atoms with Crippen molar-refractivity contribution < 1.29 is 0 Å². The molecule has 0 spiro atoms. The van der Waals surface area contributed by atoms with E-state index in [0.717, 1.165) is 44.1 Å². The first-order valence-electron chi connectivity index (χ1n) is 16.2. The topological polar surface area (TPSA) is 33.1 Å². The van der Waals surface area contributed by atoms with E-state index in [2.05, 4.69) is 150 Å². The summed E-state index contributed by atoms with van der Waals surface area (Å²) in [5.41, 5.74) is 6.58. The first-order chi connectivity index (χ1) is 23.6. The third-order valence-corrected chi connectivity index (χ3v) is 10.9. The van der Waals surface area contributed by atoms with Crippen LogP contribution in [0, 0.1) is 0 Å². The molecule has 3 heterocycles. The summed E-state index contributed by atoms with van der Waals surface area (Å²) in [5, 5.41) is 12.1. The van der Waals surface area contributed by atoms with Gasteiger partial charge in [0.1, 0.15) is 5.84 Å². The van der Waals surface area contributed by atoms with Gasteiger partial charge >= 0.3 is 0 Å². The van der Waals surface area contributed by atoms with Crippen LogP contribution in [-0.4, -0.2) is 15.4 Å². The molecule has 0 saturated heterocycles. The van der Waals surface area contributed by atoms with E-state index in [-0.39, 0.29) is 0 Å². The lowest BCUT2D eigenvalue weighted by atomic mass is 9.98. The Kier molecular flexibility index (Phi) is 5.81. The van der Waals surface area contributed by atoms with E-state index in [1.807, 2.05) is 23.5 Å². The summed E-state index contributed by atoms with van der Waals surface area (Å²) in [4.78, 5) is 9.19. The van der Waals surface area contributed by atoms with E-state index < -0.39 is 0 Å². The number of fused-ring (bicyclic) bond motifs is 12. The fourth-order valence-electron chi connectivity index (χ4n) is 7.67. The highest BCUT2D eigenvalue weighted by molar-refractivity contribution is 7.25. The molecule has 0 radical (unpaired) electrons. The molecule has 0 unspecified atom stereocenters. The SMILES string of the molecule is C=c1cccc/c1=C(/N=C(\C)n1c2ccccc2c2c3c(ccc4[nH]c5cc6sc7ccccc7c6cc5c43)ccc21)c1ccccc1. The third kappa shape index (κ3) is 3.90. The fraction of sp³-hybridized carbons (Fsp3) is 0.0227. The number of thiophene rings is 1. The summed E-state index contributed by atoms with van der Waals surface area (Å²) < 4.78 is 4.96. The molecule has 0 aliphatic rings. The Morgan fingerprint density at radius 2 is 1.35 bits per heavy atom. The smallest absolute Gasteiger partial charge is 0.111 e. The number of H-pyrrole nitrogens is 1. The number of nitrogens with one attached hydrogen (secondary N) is 1. The second-order valence-electron chi connectivity index (χ2n) is 12.5. The molecule has 10 rings (SSSR count). The number of nitrogens with zero attached hydrogens (tertiary/aromatic N) is 2. The van der Waals surface area contributed by atoms with E-state index in [1.54, 1.807) is 0 Å². The van der Waals surface area contributed by atoms with Gasteiger partial charge in [-0.15, -0.1) is 11.3 Å². The summed E-state index contributed by atoms with van der Waals surface area (Å²) >= 11 is 1.86. The van der Waals surface area contributed by atoms with Gasteiger partial charge in [-0.2, -0.15) is 0 Å². The monoisotopic (exact) mass is 631 g/mol. The highest BCUT2D eigenvalue weighted by atomic mass is 32.1. The predicted octanol–water partition coefficient (Wildman–Crippen LogP) is 10.5. The van der Waals surface area contributed by atoms with Crippen LogP contribution in [0.5, 0.6) is 0 Å². The van der Waals surface area contributed by atoms with Crippen LogP contribution in [0.25, 0.3) is 86.8 Å². The average Bonchev–Trinajstić information content (AvgIpc) is 3.79. The van der Waals surface area contributed by atoms with Crippen molar-refractivity contribution in [1.29, 1.82) is 0 Å². The van der Waals surface area contributed by atoms with E-state index in [4.69, 9.17) is 4.99 Å². The van der Waals surface area contributed by atoms with Gasteiger partial charge in [-0.3, -0.25) is 4.57 Å². The Bertz CT molecular complexity index is 3080. The van der Waals surface area contributed by atoms with Gasteiger partial charge in [0.05, 0.1) is 16.7 Å². The molecule has 226 valence electrons. The largest absolute Gasteiger partial charge is 0.354 e. The van der Waals surface area contributed by atoms with E-state index in [1.165, 1.54) is 58.0 Å². The number of benzene rings is 7. The number of para-hydroxylation sites is 1. The molecule has 48 heavy (non-hydrogen) atoms. The maximum Gasteiger partial charge on any atom is 0.111 e. The fourth-order valence-corrected chi connectivity index (χ4v) is 8.80. The van der Waals surface area contributed by atoms with Crippen molar-refractivity contribution in [2.45, 2.75) is 6.92 Å². The second-order valence-corrected chi connectivity index (χ2v) is 13.6. The molecule has 3 aromatic heterocycles. The van der Waals surface area contributed by atoms with Crippen LogP contribution >= 0.6 is 11.3 Å². The Balaban J connectivity index is 1.33. The summed E-state index contributed by atoms with van der Waals surface area (Å²) in [6.45, 7) is 6.47. The van der Waals surface area contributed by atoms with Crippen LogP contribution in [0.15, 0.2) is 145 Å². The van der Waals surface area contributed by atoms with Gasteiger partial charge in [0.2, 0.25) is 0 Å². The molecule has 3 nitrogen and oxygen atoms in total. The van der Waals surface area contributed by atoms with Gasteiger partial charge < -0.3 is 4.98 Å². The summed E-state index contributed by atoms with van der Waals surface area (Å²) in [7, 11) is 0.